The molecule has 0 saturated carbocycles. The van der Waals surface area contributed by atoms with E-state index in [9.17, 15) is 8.78 Å². The van der Waals surface area contributed by atoms with Crippen LogP contribution in [0.4, 0.5) is 8.78 Å². The molecule has 0 aliphatic carbocycles. The predicted octanol–water partition coefficient (Wildman–Crippen LogP) is 3.43. The summed E-state index contributed by atoms with van der Waals surface area (Å²) in [7, 11) is 0. The van der Waals surface area contributed by atoms with Crippen molar-refractivity contribution in [1.29, 1.82) is 0 Å². The van der Waals surface area contributed by atoms with Crippen LogP contribution in [0.1, 0.15) is 0 Å². The second-order valence-electron chi connectivity index (χ2n) is 3.37. The van der Waals surface area contributed by atoms with Crippen molar-refractivity contribution in [3.8, 4) is 11.3 Å². The summed E-state index contributed by atoms with van der Waals surface area (Å²) in [5.74, 6) is -1.83. The third-order valence-corrected chi connectivity index (χ3v) is 3.28. The number of fused-ring (bicyclic) bond motifs is 1. The van der Waals surface area contributed by atoms with Gasteiger partial charge in [-0.15, -0.1) is 18.2 Å². The van der Waals surface area contributed by atoms with Crippen molar-refractivity contribution in [3.05, 3.63) is 47.6 Å². The van der Waals surface area contributed by atoms with Crippen LogP contribution in [-0.4, -0.2) is 9.97 Å². The van der Waals surface area contributed by atoms with E-state index in [1.54, 1.807) is 0 Å². The summed E-state index contributed by atoms with van der Waals surface area (Å²) in [5, 5.41) is 1.83. The van der Waals surface area contributed by atoms with E-state index in [1.165, 1.54) is 23.7 Å². The Morgan fingerprint density at radius 1 is 1.17 bits per heavy atom. The van der Waals surface area contributed by atoms with Gasteiger partial charge >= 0.3 is 0 Å². The van der Waals surface area contributed by atoms with Crippen molar-refractivity contribution >= 4 is 21.6 Å². The van der Waals surface area contributed by atoms with Gasteiger partial charge in [0.1, 0.15) is 6.33 Å². The fourth-order valence-corrected chi connectivity index (χ4v) is 2.43. The van der Waals surface area contributed by atoms with E-state index in [1.807, 2.05) is 11.4 Å². The van der Waals surface area contributed by atoms with E-state index in [0.717, 1.165) is 16.3 Å². The molecule has 3 rings (SSSR count). The fraction of sp³-hybridized carbons (Fsp3) is 0. The molecular weight excluding hydrogens is 434 g/mol. The van der Waals surface area contributed by atoms with Gasteiger partial charge < -0.3 is 0 Å². The minimum atomic E-state index is -0.930. The van der Waals surface area contributed by atoms with Crippen molar-refractivity contribution in [2.24, 2.45) is 0 Å². The van der Waals surface area contributed by atoms with E-state index >= 15 is 0 Å². The fourth-order valence-electron chi connectivity index (χ4n) is 1.59. The molecule has 0 amide bonds. The molecule has 0 unspecified atom stereocenters. The van der Waals surface area contributed by atoms with Crippen LogP contribution in [0.15, 0.2) is 29.9 Å². The van der Waals surface area contributed by atoms with Crippen LogP contribution in [-0.2, 0) is 20.1 Å². The summed E-state index contributed by atoms with van der Waals surface area (Å²) in [6.07, 6.45) is 1.34. The molecule has 0 atom stereocenters. The van der Waals surface area contributed by atoms with Crippen molar-refractivity contribution in [1.82, 2.24) is 9.97 Å². The van der Waals surface area contributed by atoms with Crippen LogP contribution < -0.4 is 0 Å². The molecule has 2 nitrogen and oxygen atoms in total. The van der Waals surface area contributed by atoms with Crippen molar-refractivity contribution in [2.45, 2.75) is 0 Å². The largest absolute Gasteiger partial charge is 0.284 e. The molecule has 3 aromatic rings. The zero-order valence-electron chi connectivity index (χ0n) is 8.78. The number of hydrogen-bond acceptors (Lipinski definition) is 3. The van der Waals surface area contributed by atoms with Gasteiger partial charge in [0, 0.05) is 30.5 Å². The summed E-state index contributed by atoms with van der Waals surface area (Å²) in [5.41, 5.74) is 1.14. The second-order valence-corrected chi connectivity index (χ2v) is 4.29. The first-order valence-corrected chi connectivity index (χ1v) is 5.69. The molecule has 0 aliphatic heterocycles. The number of aromatic nitrogens is 2. The van der Waals surface area contributed by atoms with E-state index in [-0.39, 0.29) is 25.7 Å². The molecule has 0 N–H and O–H groups in total. The van der Waals surface area contributed by atoms with Gasteiger partial charge in [-0.1, -0.05) is 5.56 Å². The van der Waals surface area contributed by atoms with Gasteiger partial charge in [0.25, 0.3) is 0 Å². The summed E-state index contributed by atoms with van der Waals surface area (Å²) in [6, 6.07) is 6.86. The molecular formula is C12H5F2IrN2S-. The predicted molar refractivity (Wildman–Crippen MR) is 61.6 cm³/mol. The zero-order chi connectivity index (χ0) is 11.8. The standard InChI is InChI=1S/C12H5F2N2S.Ir/c13-8-3-1-2-7(10(8)14)11-12-9(4-5-17-12)15-6-16-11;/h1,3-6H;/q-1;. The number of hydrogen-bond donors (Lipinski definition) is 0. The topological polar surface area (TPSA) is 25.8 Å². The van der Waals surface area contributed by atoms with Gasteiger partial charge in [-0.05, 0) is 11.4 Å². The first kappa shape index (κ1) is 13.2. The molecule has 1 radical (unpaired) electrons. The molecule has 0 bridgehead atoms. The van der Waals surface area contributed by atoms with Gasteiger partial charge in [0.2, 0.25) is 0 Å². The van der Waals surface area contributed by atoms with Gasteiger partial charge in [-0.2, -0.15) is 11.3 Å². The third kappa shape index (κ3) is 2.07. The molecule has 0 fully saturated rings. The molecule has 6 heteroatoms. The smallest absolute Gasteiger partial charge is 0.106 e. The van der Waals surface area contributed by atoms with Crippen LogP contribution in [0, 0.1) is 17.7 Å². The van der Waals surface area contributed by atoms with Gasteiger partial charge in [-0.25, -0.2) is 9.37 Å². The average molecular weight is 439 g/mol. The Hall–Kier alpha value is -1.23. The minimum Gasteiger partial charge on any atom is -0.284 e. The van der Waals surface area contributed by atoms with Crippen LogP contribution in [0.3, 0.4) is 0 Å². The molecule has 0 spiro atoms. The van der Waals surface area contributed by atoms with E-state index in [2.05, 4.69) is 16.0 Å². The molecule has 18 heavy (non-hydrogen) atoms. The quantitative estimate of drug-likeness (QED) is 0.543. The van der Waals surface area contributed by atoms with Crippen LogP contribution in [0.5, 0.6) is 0 Å². The van der Waals surface area contributed by atoms with Gasteiger partial charge in [0.05, 0.1) is 17.2 Å². The molecule has 93 valence electrons. The molecule has 0 saturated heterocycles. The van der Waals surface area contributed by atoms with E-state index in [4.69, 9.17) is 0 Å². The van der Waals surface area contributed by atoms with E-state index < -0.39 is 11.6 Å². The summed E-state index contributed by atoms with van der Waals surface area (Å²) < 4.78 is 27.5. The first-order valence-electron chi connectivity index (χ1n) is 4.81. The summed E-state index contributed by atoms with van der Waals surface area (Å²) >= 11 is 1.39. The Labute approximate surface area is 119 Å². The maximum atomic E-state index is 13.7. The van der Waals surface area contributed by atoms with Crippen LogP contribution in [0.25, 0.3) is 21.5 Å². The molecule has 2 aromatic heterocycles. The Kier molecular flexibility index (Phi) is 3.80. The number of nitrogens with zero attached hydrogens (tertiary/aromatic N) is 2. The van der Waals surface area contributed by atoms with Crippen molar-refractivity contribution in [2.75, 3.05) is 0 Å². The number of halogens is 2. The van der Waals surface area contributed by atoms with Gasteiger partial charge in [0.15, 0.2) is 0 Å². The Morgan fingerprint density at radius 3 is 2.83 bits per heavy atom. The number of rotatable bonds is 1. The number of benzene rings is 1. The third-order valence-electron chi connectivity index (χ3n) is 2.37. The normalized spacial score (nSPS) is 10.3. The average Bonchev–Trinajstić information content (AvgIpc) is 2.81. The monoisotopic (exact) mass is 440 g/mol. The first-order chi connectivity index (χ1) is 8.27. The molecule has 1 aromatic carbocycles. The Balaban J connectivity index is 0.00000120. The van der Waals surface area contributed by atoms with E-state index in [0.29, 0.717) is 5.69 Å². The van der Waals surface area contributed by atoms with Crippen molar-refractivity contribution in [3.63, 3.8) is 0 Å². The zero-order valence-corrected chi connectivity index (χ0v) is 12.0. The Bertz CT molecular complexity index is 699. The maximum Gasteiger partial charge on any atom is 0.106 e. The number of thiophene rings is 1. The minimum absolute atomic E-state index is 0. The molecule has 2 heterocycles. The SMILES string of the molecule is Fc1cc[c-]c(-c2ncnc3ccsc23)c1F.[Ir]. The second kappa shape index (κ2) is 5.18. The summed E-state index contributed by atoms with van der Waals surface area (Å²) in [6.45, 7) is 0. The van der Waals surface area contributed by atoms with Gasteiger partial charge in [-0.3, -0.25) is 9.37 Å². The Morgan fingerprint density at radius 2 is 2.00 bits per heavy atom. The maximum absolute atomic E-state index is 13.7. The van der Waals surface area contributed by atoms with Crippen LogP contribution in [0.2, 0.25) is 0 Å². The summed E-state index contributed by atoms with van der Waals surface area (Å²) in [4.78, 5) is 8.06. The van der Waals surface area contributed by atoms with Crippen molar-refractivity contribution < 1.29 is 28.9 Å². The molecule has 0 aliphatic rings. The van der Waals surface area contributed by atoms with Crippen LogP contribution >= 0.6 is 11.3 Å².